The average Bonchev–Trinajstić information content (AvgIpc) is 2.69. The number of rotatable bonds is 4. The lowest BCUT2D eigenvalue weighted by atomic mass is 10.2. The molecule has 1 aromatic carbocycles. The number of nitrogens with zero attached hydrogens (tertiary/aromatic N) is 3. The fraction of sp³-hybridized carbons (Fsp3) is 0.316. The van der Waals surface area contributed by atoms with Gasteiger partial charge >= 0.3 is 0 Å². The number of carbonyl (C=O) groups is 1. The van der Waals surface area contributed by atoms with Crippen LogP contribution in [-0.4, -0.2) is 36.7 Å². The summed E-state index contributed by atoms with van der Waals surface area (Å²) in [5.74, 6) is -0.422. The third kappa shape index (κ3) is 4.15. The summed E-state index contributed by atoms with van der Waals surface area (Å²) in [5.41, 5.74) is 1.56. The largest absolute Gasteiger partial charge is 0.321 e. The van der Waals surface area contributed by atoms with Gasteiger partial charge in [0.25, 0.3) is 5.91 Å². The quantitative estimate of drug-likeness (QED) is 0.873. The van der Waals surface area contributed by atoms with E-state index in [2.05, 4.69) is 10.3 Å². The first-order valence-electron chi connectivity index (χ1n) is 8.71. The predicted molar refractivity (Wildman–Crippen MR) is 101 cm³/mol. The van der Waals surface area contributed by atoms with Crippen molar-refractivity contribution in [2.24, 2.45) is 0 Å². The minimum Gasteiger partial charge on any atom is -0.321 e. The number of pyridine rings is 1. The van der Waals surface area contributed by atoms with E-state index in [9.17, 15) is 13.2 Å². The van der Waals surface area contributed by atoms with Crippen LogP contribution < -0.4 is 5.32 Å². The van der Waals surface area contributed by atoms with Crippen LogP contribution in [0.3, 0.4) is 0 Å². The molecule has 1 aliphatic heterocycles. The molecule has 1 amide bonds. The molecule has 140 valence electrons. The first-order chi connectivity index (χ1) is 12.9. The Hall–Kier alpha value is -2.76. The second-order valence-electron chi connectivity index (χ2n) is 6.38. The van der Waals surface area contributed by atoms with E-state index in [4.69, 9.17) is 5.26 Å². The maximum atomic E-state index is 12.6. The Kier molecular flexibility index (Phi) is 5.54. The van der Waals surface area contributed by atoms with E-state index in [0.717, 1.165) is 19.3 Å². The van der Waals surface area contributed by atoms with Crippen molar-refractivity contribution in [1.29, 1.82) is 5.26 Å². The van der Waals surface area contributed by atoms with Gasteiger partial charge in [-0.1, -0.05) is 6.42 Å². The Bertz CT molecular complexity index is 989. The number of piperidine rings is 1. The highest BCUT2D eigenvalue weighted by Crippen LogP contribution is 2.22. The van der Waals surface area contributed by atoms with Crippen LogP contribution in [0.25, 0.3) is 0 Å². The summed E-state index contributed by atoms with van der Waals surface area (Å²) in [6, 6.07) is 11.1. The van der Waals surface area contributed by atoms with E-state index >= 15 is 0 Å². The van der Waals surface area contributed by atoms with Gasteiger partial charge in [0.1, 0.15) is 11.8 Å². The molecule has 0 saturated carbocycles. The standard InChI is InChI=1S/C19H20N4O3S/c1-14-15(13-20)5-10-18(21-14)19(24)22-16-6-8-17(9-7-16)27(25,26)23-11-3-2-4-12-23/h5-10H,2-4,11-12H2,1H3,(H,22,24). The molecular weight excluding hydrogens is 364 g/mol. The monoisotopic (exact) mass is 384 g/mol. The topological polar surface area (TPSA) is 103 Å². The van der Waals surface area contributed by atoms with Gasteiger partial charge in [-0.05, 0) is 56.2 Å². The number of hydrogen-bond acceptors (Lipinski definition) is 5. The molecule has 3 rings (SSSR count). The summed E-state index contributed by atoms with van der Waals surface area (Å²) in [7, 11) is -3.50. The molecule has 0 radical (unpaired) electrons. The zero-order valence-corrected chi connectivity index (χ0v) is 15.8. The Labute approximate surface area is 158 Å². The van der Waals surface area contributed by atoms with Crippen LogP contribution in [-0.2, 0) is 10.0 Å². The first kappa shape index (κ1) is 19.0. The molecule has 8 heteroatoms. The summed E-state index contributed by atoms with van der Waals surface area (Å²) >= 11 is 0. The molecule has 2 aromatic rings. The highest BCUT2D eigenvalue weighted by atomic mass is 32.2. The van der Waals surface area contributed by atoms with E-state index in [1.54, 1.807) is 25.1 Å². The number of nitrogens with one attached hydrogen (secondary N) is 1. The van der Waals surface area contributed by atoms with Crippen molar-refractivity contribution in [3.8, 4) is 6.07 Å². The van der Waals surface area contributed by atoms with Gasteiger partial charge < -0.3 is 5.32 Å². The highest BCUT2D eigenvalue weighted by molar-refractivity contribution is 7.89. The number of aromatic nitrogens is 1. The van der Waals surface area contributed by atoms with Gasteiger partial charge in [-0.15, -0.1) is 0 Å². The van der Waals surface area contributed by atoms with Gasteiger partial charge in [-0.25, -0.2) is 13.4 Å². The van der Waals surface area contributed by atoms with Gasteiger partial charge in [0, 0.05) is 18.8 Å². The van der Waals surface area contributed by atoms with E-state index < -0.39 is 15.9 Å². The fourth-order valence-electron chi connectivity index (χ4n) is 2.97. The minimum atomic E-state index is -3.50. The lowest BCUT2D eigenvalue weighted by molar-refractivity contribution is 0.102. The van der Waals surface area contributed by atoms with E-state index in [-0.39, 0.29) is 10.6 Å². The van der Waals surface area contributed by atoms with E-state index in [1.165, 1.54) is 22.5 Å². The van der Waals surface area contributed by atoms with Crippen LogP contribution in [0.4, 0.5) is 5.69 Å². The zero-order valence-electron chi connectivity index (χ0n) is 15.0. The number of anilines is 1. The summed E-state index contributed by atoms with van der Waals surface area (Å²) in [4.78, 5) is 16.7. The predicted octanol–water partition coefficient (Wildman–Crippen LogP) is 2.69. The van der Waals surface area contributed by atoms with Crippen LogP contribution in [0.1, 0.15) is 41.0 Å². The molecule has 0 unspecified atom stereocenters. The SMILES string of the molecule is Cc1nc(C(=O)Nc2ccc(S(=O)(=O)N3CCCCC3)cc2)ccc1C#N. The maximum absolute atomic E-state index is 12.6. The molecule has 1 fully saturated rings. The second-order valence-corrected chi connectivity index (χ2v) is 8.32. The van der Waals surface area contributed by atoms with E-state index in [0.29, 0.717) is 30.0 Å². The average molecular weight is 384 g/mol. The molecule has 1 aromatic heterocycles. The van der Waals surface area contributed by atoms with Crippen LogP contribution in [0.5, 0.6) is 0 Å². The molecule has 27 heavy (non-hydrogen) atoms. The third-order valence-electron chi connectivity index (χ3n) is 4.50. The maximum Gasteiger partial charge on any atom is 0.274 e. The van der Waals surface area contributed by atoms with Gasteiger partial charge in [-0.2, -0.15) is 9.57 Å². The summed E-state index contributed by atoms with van der Waals surface area (Å²) in [6.07, 6.45) is 2.81. The van der Waals surface area contributed by atoms with Crippen molar-refractivity contribution in [2.45, 2.75) is 31.1 Å². The lowest BCUT2D eigenvalue weighted by Crippen LogP contribution is -2.35. The van der Waals surface area contributed by atoms with Crippen LogP contribution in [0, 0.1) is 18.3 Å². The van der Waals surface area contributed by atoms with Gasteiger partial charge in [0.2, 0.25) is 10.0 Å². The van der Waals surface area contributed by atoms with Crippen molar-refractivity contribution in [3.05, 3.63) is 53.3 Å². The van der Waals surface area contributed by atoms with Crippen LogP contribution in [0.2, 0.25) is 0 Å². The van der Waals surface area contributed by atoms with Crippen molar-refractivity contribution in [2.75, 3.05) is 18.4 Å². The Morgan fingerprint density at radius 1 is 1.11 bits per heavy atom. The Balaban J connectivity index is 1.73. The molecule has 0 atom stereocenters. The number of carbonyl (C=O) groups excluding carboxylic acids is 1. The summed E-state index contributed by atoms with van der Waals surface area (Å²) in [6.45, 7) is 2.75. The van der Waals surface area contributed by atoms with Crippen LogP contribution >= 0.6 is 0 Å². The number of amides is 1. The number of benzene rings is 1. The fourth-order valence-corrected chi connectivity index (χ4v) is 4.48. The molecule has 2 heterocycles. The highest BCUT2D eigenvalue weighted by Gasteiger charge is 2.25. The zero-order chi connectivity index (χ0) is 19.4. The normalized spacial score (nSPS) is 15.1. The molecule has 1 aliphatic rings. The number of hydrogen-bond donors (Lipinski definition) is 1. The molecule has 1 N–H and O–H groups in total. The van der Waals surface area contributed by atoms with E-state index in [1.807, 2.05) is 6.07 Å². The van der Waals surface area contributed by atoms with Crippen molar-refractivity contribution >= 4 is 21.6 Å². The molecule has 7 nitrogen and oxygen atoms in total. The smallest absolute Gasteiger partial charge is 0.274 e. The van der Waals surface area contributed by atoms with Gasteiger partial charge in [-0.3, -0.25) is 4.79 Å². The first-order valence-corrected chi connectivity index (χ1v) is 10.1. The molecule has 1 saturated heterocycles. The lowest BCUT2D eigenvalue weighted by Gasteiger charge is -2.25. The number of aryl methyl sites for hydroxylation is 1. The Morgan fingerprint density at radius 3 is 2.37 bits per heavy atom. The minimum absolute atomic E-state index is 0.191. The van der Waals surface area contributed by atoms with Crippen LogP contribution in [0.15, 0.2) is 41.3 Å². The number of sulfonamides is 1. The second kappa shape index (κ2) is 7.86. The molecular formula is C19H20N4O3S. The number of nitriles is 1. The summed E-state index contributed by atoms with van der Waals surface area (Å²) < 4.78 is 26.8. The van der Waals surface area contributed by atoms with Crippen molar-refractivity contribution in [1.82, 2.24) is 9.29 Å². The molecule has 0 bridgehead atoms. The Morgan fingerprint density at radius 2 is 1.78 bits per heavy atom. The molecule has 0 spiro atoms. The van der Waals surface area contributed by atoms with Gasteiger partial charge in [0.15, 0.2) is 0 Å². The molecule has 0 aliphatic carbocycles. The van der Waals surface area contributed by atoms with Crippen molar-refractivity contribution in [3.63, 3.8) is 0 Å². The third-order valence-corrected chi connectivity index (χ3v) is 6.42. The summed E-state index contributed by atoms with van der Waals surface area (Å²) in [5, 5.41) is 11.6. The van der Waals surface area contributed by atoms with Crippen molar-refractivity contribution < 1.29 is 13.2 Å². The van der Waals surface area contributed by atoms with Gasteiger partial charge in [0.05, 0.1) is 16.2 Å².